The maximum absolute atomic E-state index is 14.3. The Morgan fingerprint density at radius 3 is 2.68 bits per heavy atom. The van der Waals surface area contributed by atoms with E-state index in [9.17, 15) is 14.4 Å². The molecule has 37 heavy (non-hydrogen) atoms. The molecule has 0 radical (unpaired) electrons. The van der Waals surface area contributed by atoms with Crippen LogP contribution >= 0.6 is 0 Å². The number of anilines is 2. The van der Waals surface area contributed by atoms with Crippen LogP contribution in [0, 0.1) is 24.1 Å². The molecule has 0 aliphatic carbocycles. The lowest BCUT2D eigenvalue weighted by Crippen LogP contribution is -2.28. The van der Waals surface area contributed by atoms with Crippen molar-refractivity contribution in [2.24, 2.45) is 0 Å². The fourth-order valence-electron chi connectivity index (χ4n) is 4.21. The second-order valence-corrected chi connectivity index (χ2v) is 8.44. The number of aryl methyl sites for hydroxylation is 1. The molecule has 0 aliphatic rings. The van der Waals surface area contributed by atoms with Crippen LogP contribution < -0.4 is 16.6 Å². The highest BCUT2D eigenvalue weighted by atomic mass is 19.1. The minimum atomic E-state index is -0.631. The monoisotopic (exact) mass is 492 g/mol. The lowest BCUT2D eigenvalue weighted by Gasteiger charge is -2.21. The molecular weight excluding hydrogens is 471 g/mol. The van der Waals surface area contributed by atoms with Crippen molar-refractivity contribution in [1.29, 1.82) is 5.26 Å². The largest absolute Gasteiger partial charge is 0.368 e. The molecule has 0 fully saturated rings. The molecular formula is C27H21FN8O. The fraction of sp³-hybridized carbons (Fsp3) is 0.111. The molecule has 1 atom stereocenters. The number of aromatic nitrogens is 5. The number of nitriles is 1. The Hall–Kier alpha value is -5.17. The summed E-state index contributed by atoms with van der Waals surface area (Å²) in [7, 11) is 0. The first-order chi connectivity index (χ1) is 17.9. The number of hydrogen-bond acceptors (Lipinski definition) is 8. The topological polar surface area (TPSA) is 135 Å². The van der Waals surface area contributed by atoms with Gasteiger partial charge in [-0.25, -0.2) is 14.4 Å². The Bertz CT molecular complexity index is 1760. The number of nitrogens with one attached hydrogen (secondary N) is 1. The van der Waals surface area contributed by atoms with E-state index in [2.05, 4.69) is 20.3 Å². The molecule has 3 heterocycles. The number of halogens is 1. The van der Waals surface area contributed by atoms with Crippen LogP contribution in [0.25, 0.3) is 27.7 Å². The van der Waals surface area contributed by atoms with E-state index in [-0.39, 0.29) is 22.9 Å². The Labute approximate surface area is 211 Å². The molecule has 5 rings (SSSR count). The SMILES string of the molecule is Cc1cc(-c2cccc3nc(C(C)Nc4nc(N)ncc4C#N)n(-c4cccc(F)c4)c(=O)c23)ccn1. The highest BCUT2D eigenvalue weighted by Crippen LogP contribution is 2.29. The number of fused-ring (bicyclic) bond motifs is 1. The van der Waals surface area contributed by atoms with E-state index in [4.69, 9.17) is 10.7 Å². The molecule has 3 N–H and O–H groups in total. The maximum atomic E-state index is 14.3. The Kier molecular flexibility index (Phi) is 6.03. The summed E-state index contributed by atoms with van der Waals surface area (Å²) in [6, 6.07) is 16.3. The van der Waals surface area contributed by atoms with E-state index in [1.165, 1.54) is 29.0 Å². The van der Waals surface area contributed by atoms with Crippen molar-refractivity contribution in [3.63, 3.8) is 0 Å². The Balaban J connectivity index is 1.77. The van der Waals surface area contributed by atoms with E-state index >= 15 is 0 Å². The van der Waals surface area contributed by atoms with Gasteiger partial charge in [-0.05, 0) is 61.4 Å². The molecule has 1 unspecified atom stereocenters. The first-order valence-corrected chi connectivity index (χ1v) is 11.4. The van der Waals surface area contributed by atoms with E-state index in [1.54, 1.807) is 25.3 Å². The van der Waals surface area contributed by atoms with Crippen LogP contribution in [0.3, 0.4) is 0 Å². The number of pyridine rings is 1. The second kappa shape index (κ2) is 9.47. The number of nitrogen functional groups attached to an aromatic ring is 1. The summed E-state index contributed by atoms with van der Waals surface area (Å²) in [6.07, 6.45) is 3.00. The first kappa shape index (κ1) is 23.6. The molecule has 2 aromatic carbocycles. The third-order valence-corrected chi connectivity index (χ3v) is 5.87. The fourth-order valence-corrected chi connectivity index (χ4v) is 4.21. The average Bonchev–Trinajstić information content (AvgIpc) is 2.88. The first-order valence-electron chi connectivity index (χ1n) is 11.4. The van der Waals surface area contributed by atoms with E-state index in [0.717, 1.165) is 11.3 Å². The lowest BCUT2D eigenvalue weighted by molar-refractivity contribution is 0.624. The average molecular weight is 493 g/mol. The van der Waals surface area contributed by atoms with Crippen LogP contribution in [0.15, 0.2) is 71.8 Å². The lowest BCUT2D eigenvalue weighted by atomic mass is 10.0. The molecule has 0 aliphatic heterocycles. The molecule has 5 aromatic rings. The van der Waals surface area contributed by atoms with Crippen LogP contribution in [0.5, 0.6) is 0 Å². The number of hydrogen-bond donors (Lipinski definition) is 2. The Morgan fingerprint density at radius 1 is 1.11 bits per heavy atom. The van der Waals surface area contributed by atoms with Crippen LogP contribution in [0.2, 0.25) is 0 Å². The predicted molar refractivity (Wildman–Crippen MR) is 138 cm³/mol. The summed E-state index contributed by atoms with van der Waals surface area (Å²) in [5, 5.41) is 13.0. The molecule has 3 aromatic heterocycles. The zero-order valence-electron chi connectivity index (χ0n) is 20.0. The highest BCUT2D eigenvalue weighted by Gasteiger charge is 2.22. The third kappa shape index (κ3) is 4.46. The van der Waals surface area contributed by atoms with Crippen molar-refractivity contribution in [3.8, 4) is 22.9 Å². The summed E-state index contributed by atoms with van der Waals surface area (Å²) in [5.74, 6) is -0.0136. The predicted octanol–water partition coefficient (Wildman–Crippen LogP) is 4.31. The zero-order valence-corrected chi connectivity index (χ0v) is 20.0. The summed E-state index contributed by atoms with van der Waals surface area (Å²) in [6.45, 7) is 3.64. The maximum Gasteiger partial charge on any atom is 0.266 e. The van der Waals surface area contributed by atoms with Gasteiger partial charge < -0.3 is 11.1 Å². The van der Waals surface area contributed by atoms with Crippen LogP contribution in [0.4, 0.5) is 16.2 Å². The van der Waals surface area contributed by atoms with Crippen molar-refractivity contribution in [1.82, 2.24) is 24.5 Å². The number of benzene rings is 2. The van der Waals surface area contributed by atoms with Crippen LogP contribution in [-0.4, -0.2) is 24.5 Å². The van der Waals surface area contributed by atoms with Gasteiger partial charge in [0.2, 0.25) is 5.95 Å². The molecule has 0 spiro atoms. The third-order valence-electron chi connectivity index (χ3n) is 5.87. The minimum absolute atomic E-state index is 0.0139. The molecule has 0 saturated carbocycles. The number of rotatable bonds is 5. The summed E-state index contributed by atoms with van der Waals surface area (Å²) in [5.41, 5.74) is 8.63. The molecule has 9 nitrogen and oxygen atoms in total. The molecule has 0 amide bonds. The van der Waals surface area contributed by atoms with Crippen molar-refractivity contribution in [2.45, 2.75) is 19.9 Å². The quantitative estimate of drug-likeness (QED) is 0.370. The van der Waals surface area contributed by atoms with E-state index < -0.39 is 11.9 Å². The van der Waals surface area contributed by atoms with Gasteiger partial charge in [-0.3, -0.25) is 14.3 Å². The molecule has 182 valence electrons. The van der Waals surface area contributed by atoms with Gasteiger partial charge in [0.05, 0.1) is 28.8 Å². The van der Waals surface area contributed by atoms with Gasteiger partial charge in [0.1, 0.15) is 29.1 Å². The smallest absolute Gasteiger partial charge is 0.266 e. The number of nitrogens with two attached hydrogens (primary N) is 1. The Morgan fingerprint density at radius 2 is 1.92 bits per heavy atom. The summed E-state index contributed by atoms with van der Waals surface area (Å²) in [4.78, 5) is 31.2. The standard InChI is InChI=1S/C27H21FN8O/c1-15-11-17(9-10-31-15)21-7-4-8-22-23(21)26(37)36(20-6-3-5-19(28)12-20)25(34-22)16(2)33-24-18(13-29)14-32-27(30)35-24/h3-12,14,16H,1-2H3,(H3,30,32,33,35). The van der Waals surface area contributed by atoms with Crippen molar-refractivity contribution in [3.05, 3.63) is 100 Å². The highest BCUT2D eigenvalue weighted by molar-refractivity contribution is 5.94. The van der Waals surface area contributed by atoms with Crippen molar-refractivity contribution >= 4 is 22.7 Å². The van der Waals surface area contributed by atoms with Crippen molar-refractivity contribution < 1.29 is 4.39 Å². The molecule has 0 saturated heterocycles. The van der Waals surface area contributed by atoms with Gasteiger partial charge >= 0.3 is 0 Å². The number of nitrogens with zero attached hydrogens (tertiary/aromatic N) is 6. The van der Waals surface area contributed by atoms with Gasteiger partial charge in [0, 0.05) is 11.9 Å². The normalized spacial score (nSPS) is 11.7. The molecule has 10 heteroatoms. The van der Waals surface area contributed by atoms with E-state index in [1.807, 2.05) is 37.3 Å². The van der Waals surface area contributed by atoms with Crippen LogP contribution in [-0.2, 0) is 0 Å². The van der Waals surface area contributed by atoms with Gasteiger partial charge in [0.25, 0.3) is 5.56 Å². The zero-order chi connectivity index (χ0) is 26.1. The van der Waals surface area contributed by atoms with Gasteiger partial charge in [0.15, 0.2) is 0 Å². The summed E-state index contributed by atoms with van der Waals surface area (Å²) < 4.78 is 15.7. The van der Waals surface area contributed by atoms with Gasteiger partial charge in [-0.1, -0.05) is 18.2 Å². The van der Waals surface area contributed by atoms with E-state index in [0.29, 0.717) is 28.0 Å². The van der Waals surface area contributed by atoms with Crippen molar-refractivity contribution in [2.75, 3.05) is 11.1 Å². The minimum Gasteiger partial charge on any atom is -0.368 e. The second-order valence-electron chi connectivity index (χ2n) is 8.44. The summed E-state index contributed by atoms with van der Waals surface area (Å²) >= 11 is 0. The molecule has 0 bridgehead atoms. The van der Waals surface area contributed by atoms with Gasteiger partial charge in [-0.15, -0.1) is 0 Å². The van der Waals surface area contributed by atoms with Gasteiger partial charge in [-0.2, -0.15) is 10.2 Å². The van der Waals surface area contributed by atoms with Crippen LogP contribution in [0.1, 0.15) is 30.0 Å².